The molecule has 0 bridgehead atoms. The normalized spacial score (nSPS) is 14.1. The van der Waals surface area contributed by atoms with Gasteiger partial charge in [-0.3, -0.25) is 14.6 Å². The Labute approximate surface area is 160 Å². The number of nitrogens with one attached hydrogen (secondary N) is 1. The SMILES string of the molecule is Cc1cccc(N2CCN(C(=O)CC(=O)NCc3ccccn3)CC2)c1C. The van der Waals surface area contributed by atoms with E-state index < -0.39 is 0 Å². The largest absolute Gasteiger partial charge is 0.368 e. The van der Waals surface area contributed by atoms with Crippen molar-refractivity contribution in [2.75, 3.05) is 31.1 Å². The fourth-order valence-electron chi connectivity index (χ4n) is 3.28. The van der Waals surface area contributed by atoms with Gasteiger partial charge in [-0.15, -0.1) is 0 Å². The van der Waals surface area contributed by atoms with Gasteiger partial charge in [-0.25, -0.2) is 0 Å². The second kappa shape index (κ2) is 8.66. The fourth-order valence-corrected chi connectivity index (χ4v) is 3.28. The lowest BCUT2D eigenvalue weighted by molar-refractivity contribution is -0.136. The molecule has 142 valence electrons. The lowest BCUT2D eigenvalue weighted by Gasteiger charge is -2.37. The lowest BCUT2D eigenvalue weighted by Crippen LogP contribution is -2.49. The molecule has 0 saturated carbocycles. The first-order valence-corrected chi connectivity index (χ1v) is 9.30. The third kappa shape index (κ3) is 4.84. The molecular formula is C21H26N4O2. The van der Waals surface area contributed by atoms with E-state index >= 15 is 0 Å². The molecule has 1 fully saturated rings. The zero-order valence-electron chi connectivity index (χ0n) is 15.9. The van der Waals surface area contributed by atoms with Gasteiger partial charge in [-0.05, 0) is 43.2 Å². The molecule has 1 aromatic heterocycles. The highest BCUT2D eigenvalue weighted by atomic mass is 16.2. The van der Waals surface area contributed by atoms with Crippen molar-refractivity contribution in [3.63, 3.8) is 0 Å². The number of piperazine rings is 1. The number of carbonyl (C=O) groups is 2. The number of nitrogens with zero attached hydrogens (tertiary/aromatic N) is 3. The van der Waals surface area contributed by atoms with Gasteiger partial charge in [0.1, 0.15) is 6.42 Å². The summed E-state index contributed by atoms with van der Waals surface area (Å²) in [5, 5.41) is 2.76. The zero-order valence-corrected chi connectivity index (χ0v) is 15.9. The highest BCUT2D eigenvalue weighted by Crippen LogP contribution is 2.23. The predicted octanol–water partition coefficient (Wildman–Crippen LogP) is 2.05. The van der Waals surface area contributed by atoms with E-state index in [0.29, 0.717) is 19.6 Å². The Morgan fingerprint density at radius 1 is 1.04 bits per heavy atom. The molecule has 1 saturated heterocycles. The van der Waals surface area contributed by atoms with Crippen molar-refractivity contribution in [2.45, 2.75) is 26.8 Å². The number of rotatable bonds is 5. The Hall–Kier alpha value is -2.89. The summed E-state index contributed by atoms with van der Waals surface area (Å²) in [5.74, 6) is -0.378. The van der Waals surface area contributed by atoms with E-state index in [1.165, 1.54) is 16.8 Å². The fraction of sp³-hybridized carbons (Fsp3) is 0.381. The van der Waals surface area contributed by atoms with Gasteiger partial charge in [0.05, 0.1) is 12.2 Å². The van der Waals surface area contributed by atoms with Crippen LogP contribution in [0.1, 0.15) is 23.2 Å². The van der Waals surface area contributed by atoms with Crippen LogP contribution in [0.5, 0.6) is 0 Å². The summed E-state index contributed by atoms with van der Waals surface area (Å²) in [4.78, 5) is 32.7. The van der Waals surface area contributed by atoms with Gasteiger partial charge in [-0.1, -0.05) is 18.2 Å². The van der Waals surface area contributed by atoms with E-state index in [1.54, 1.807) is 11.1 Å². The van der Waals surface area contributed by atoms with Crippen LogP contribution in [0.2, 0.25) is 0 Å². The van der Waals surface area contributed by atoms with Crippen LogP contribution in [0.25, 0.3) is 0 Å². The Bertz CT molecular complexity index is 799. The number of pyridine rings is 1. The van der Waals surface area contributed by atoms with E-state index in [9.17, 15) is 9.59 Å². The molecule has 1 aromatic carbocycles. The monoisotopic (exact) mass is 366 g/mol. The molecule has 0 spiro atoms. The molecule has 1 aliphatic heterocycles. The van der Waals surface area contributed by atoms with Gasteiger partial charge >= 0.3 is 0 Å². The van der Waals surface area contributed by atoms with E-state index in [-0.39, 0.29) is 18.2 Å². The van der Waals surface area contributed by atoms with Crippen LogP contribution in [0.3, 0.4) is 0 Å². The second-order valence-electron chi connectivity index (χ2n) is 6.86. The summed E-state index contributed by atoms with van der Waals surface area (Å²) in [6.45, 7) is 7.43. The highest BCUT2D eigenvalue weighted by molar-refractivity contribution is 5.96. The molecule has 1 N–H and O–H groups in total. The molecule has 0 aliphatic carbocycles. The van der Waals surface area contributed by atoms with Crippen LogP contribution in [0.15, 0.2) is 42.6 Å². The van der Waals surface area contributed by atoms with Gasteiger partial charge in [0.25, 0.3) is 0 Å². The van der Waals surface area contributed by atoms with Crippen molar-refractivity contribution in [2.24, 2.45) is 0 Å². The smallest absolute Gasteiger partial charge is 0.232 e. The molecule has 27 heavy (non-hydrogen) atoms. The number of aromatic nitrogens is 1. The Morgan fingerprint density at radius 3 is 2.52 bits per heavy atom. The topological polar surface area (TPSA) is 65.5 Å². The summed E-state index contributed by atoms with van der Waals surface area (Å²) in [6.07, 6.45) is 1.57. The van der Waals surface area contributed by atoms with E-state index in [1.807, 2.05) is 18.2 Å². The van der Waals surface area contributed by atoms with Crippen LogP contribution < -0.4 is 10.2 Å². The van der Waals surface area contributed by atoms with Gasteiger partial charge in [0.15, 0.2) is 0 Å². The second-order valence-corrected chi connectivity index (χ2v) is 6.86. The van der Waals surface area contributed by atoms with Crippen molar-refractivity contribution in [3.8, 4) is 0 Å². The third-order valence-corrected chi connectivity index (χ3v) is 5.05. The molecule has 1 aliphatic rings. The van der Waals surface area contributed by atoms with Crippen molar-refractivity contribution in [1.29, 1.82) is 0 Å². The van der Waals surface area contributed by atoms with Crippen molar-refractivity contribution in [1.82, 2.24) is 15.2 Å². The summed E-state index contributed by atoms with van der Waals surface area (Å²) < 4.78 is 0. The van der Waals surface area contributed by atoms with Crippen LogP contribution in [-0.4, -0.2) is 47.9 Å². The van der Waals surface area contributed by atoms with Gasteiger partial charge < -0.3 is 15.1 Å². The maximum Gasteiger partial charge on any atom is 0.232 e. The quantitative estimate of drug-likeness (QED) is 0.823. The predicted molar refractivity (Wildman–Crippen MR) is 105 cm³/mol. The minimum absolute atomic E-state index is 0.115. The molecule has 2 amide bonds. The first kappa shape index (κ1) is 18.9. The summed E-state index contributed by atoms with van der Waals surface area (Å²) in [5.41, 5.74) is 4.57. The molecule has 3 rings (SSSR count). The van der Waals surface area contributed by atoms with Gasteiger partial charge in [0.2, 0.25) is 11.8 Å². The summed E-state index contributed by atoms with van der Waals surface area (Å²) in [6, 6.07) is 11.9. The van der Waals surface area contributed by atoms with Crippen molar-refractivity contribution in [3.05, 3.63) is 59.4 Å². The van der Waals surface area contributed by atoms with Crippen molar-refractivity contribution < 1.29 is 9.59 Å². The van der Waals surface area contributed by atoms with E-state index in [2.05, 4.69) is 47.2 Å². The number of aryl methyl sites for hydroxylation is 1. The molecule has 0 unspecified atom stereocenters. The average molecular weight is 366 g/mol. The van der Waals surface area contributed by atoms with Crippen LogP contribution in [-0.2, 0) is 16.1 Å². The number of hydrogen-bond donors (Lipinski definition) is 1. The lowest BCUT2D eigenvalue weighted by atomic mass is 10.1. The molecule has 0 radical (unpaired) electrons. The Morgan fingerprint density at radius 2 is 1.81 bits per heavy atom. The average Bonchev–Trinajstić information content (AvgIpc) is 2.69. The first-order valence-electron chi connectivity index (χ1n) is 9.30. The molecule has 2 heterocycles. The number of hydrogen-bond acceptors (Lipinski definition) is 4. The molecule has 2 aromatic rings. The van der Waals surface area contributed by atoms with Crippen LogP contribution in [0, 0.1) is 13.8 Å². The molecule has 6 heteroatoms. The standard InChI is InChI=1S/C21H26N4O2/c1-16-6-5-8-19(17(16)2)24-10-12-25(13-11-24)21(27)14-20(26)23-15-18-7-3-4-9-22-18/h3-9H,10-15H2,1-2H3,(H,23,26). The molecule has 0 atom stereocenters. The van der Waals surface area contributed by atoms with Crippen LogP contribution >= 0.6 is 0 Å². The number of anilines is 1. The Balaban J connectivity index is 1.47. The van der Waals surface area contributed by atoms with Gasteiger partial charge in [-0.2, -0.15) is 0 Å². The van der Waals surface area contributed by atoms with E-state index in [0.717, 1.165) is 18.8 Å². The molecular weight excluding hydrogens is 340 g/mol. The van der Waals surface area contributed by atoms with Gasteiger partial charge in [0, 0.05) is 38.1 Å². The maximum atomic E-state index is 12.4. The Kier molecular flexibility index (Phi) is 6.06. The zero-order chi connectivity index (χ0) is 19.2. The number of benzene rings is 1. The number of amides is 2. The van der Waals surface area contributed by atoms with Crippen molar-refractivity contribution >= 4 is 17.5 Å². The third-order valence-electron chi connectivity index (χ3n) is 5.05. The maximum absolute atomic E-state index is 12.4. The molecule has 6 nitrogen and oxygen atoms in total. The minimum atomic E-state index is -0.261. The van der Waals surface area contributed by atoms with Crippen LogP contribution in [0.4, 0.5) is 5.69 Å². The van der Waals surface area contributed by atoms with E-state index in [4.69, 9.17) is 0 Å². The summed E-state index contributed by atoms with van der Waals surface area (Å²) in [7, 11) is 0. The number of carbonyl (C=O) groups excluding carboxylic acids is 2. The highest BCUT2D eigenvalue weighted by Gasteiger charge is 2.23. The first-order chi connectivity index (χ1) is 13.0. The minimum Gasteiger partial charge on any atom is -0.368 e. The summed E-state index contributed by atoms with van der Waals surface area (Å²) >= 11 is 0.